The van der Waals surface area contributed by atoms with Crippen LogP contribution in [0.25, 0.3) is 0 Å². The first-order valence-corrected chi connectivity index (χ1v) is 10.1. The summed E-state index contributed by atoms with van der Waals surface area (Å²) in [6, 6.07) is 21.9. The van der Waals surface area contributed by atoms with Gasteiger partial charge in [-0.15, -0.1) is 0 Å². The van der Waals surface area contributed by atoms with E-state index in [1.807, 2.05) is 60.7 Å². The molecular weight excluding hydrogens is 408 g/mol. The summed E-state index contributed by atoms with van der Waals surface area (Å²) < 4.78 is 10.7. The highest BCUT2D eigenvalue weighted by molar-refractivity contribution is 6.00. The van der Waals surface area contributed by atoms with E-state index in [-0.39, 0.29) is 30.0 Å². The van der Waals surface area contributed by atoms with Gasteiger partial charge in [0.25, 0.3) is 0 Å². The van der Waals surface area contributed by atoms with Crippen molar-refractivity contribution in [1.29, 1.82) is 0 Å². The Morgan fingerprint density at radius 2 is 1.22 bits per heavy atom. The first-order valence-electron chi connectivity index (χ1n) is 10.1. The summed E-state index contributed by atoms with van der Waals surface area (Å²) in [5.41, 5.74) is 7.71. The summed E-state index contributed by atoms with van der Waals surface area (Å²) in [6.45, 7) is 1.68. The van der Waals surface area contributed by atoms with Crippen LogP contribution in [0.1, 0.15) is 38.8 Å². The van der Waals surface area contributed by atoms with Crippen LogP contribution in [0, 0.1) is 0 Å². The van der Waals surface area contributed by atoms with E-state index >= 15 is 0 Å². The van der Waals surface area contributed by atoms with E-state index in [1.165, 1.54) is 25.1 Å². The van der Waals surface area contributed by atoms with Crippen LogP contribution in [0.15, 0.2) is 78.9 Å². The van der Waals surface area contributed by atoms with Crippen molar-refractivity contribution in [3.63, 3.8) is 0 Å². The molecule has 0 aliphatic rings. The molecule has 0 radical (unpaired) electrons. The van der Waals surface area contributed by atoms with Crippen LogP contribution in [-0.2, 0) is 27.5 Å². The van der Waals surface area contributed by atoms with Crippen molar-refractivity contribution in [3.05, 3.63) is 101 Å². The minimum absolute atomic E-state index is 0.0733. The number of esters is 2. The average molecular weight is 432 g/mol. The highest BCUT2D eigenvalue weighted by atomic mass is 16.5. The maximum atomic E-state index is 12.6. The van der Waals surface area contributed by atoms with E-state index in [9.17, 15) is 14.4 Å². The topological polar surface area (TPSA) is 108 Å². The van der Waals surface area contributed by atoms with Gasteiger partial charge in [-0.05, 0) is 36.2 Å². The van der Waals surface area contributed by atoms with Crippen LogP contribution in [-0.4, -0.2) is 23.9 Å². The third kappa shape index (κ3) is 6.52. The minimum atomic E-state index is -0.767. The lowest BCUT2D eigenvalue weighted by Crippen LogP contribution is -2.32. The van der Waals surface area contributed by atoms with Gasteiger partial charge in [-0.25, -0.2) is 9.59 Å². The third-order valence-electron chi connectivity index (χ3n) is 4.51. The molecule has 0 unspecified atom stereocenters. The molecule has 32 heavy (non-hydrogen) atoms. The normalized spacial score (nSPS) is 11.3. The molecular formula is C25H24N2O5. The molecule has 0 aliphatic carbocycles. The molecule has 0 aromatic heterocycles. The SMILES string of the molecule is C[C@@H](N)C(=O)Nc1cc(C(=O)OCc2ccccc2)cc(C(=O)OCc2ccccc2)c1. The van der Waals surface area contributed by atoms with Crippen LogP contribution < -0.4 is 11.1 Å². The Hall–Kier alpha value is -3.97. The molecule has 3 aromatic rings. The molecule has 1 amide bonds. The first kappa shape index (κ1) is 22.7. The second-order valence-corrected chi connectivity index (χ2v) is 7.20. The Morgan fingerprint density at radius 3 is 1.62 bits per heavy atom. The average Bonchev–Trinajstić information content (AvgIpc) is 2.82. The van der Waals surface area contributed by atoms with Crippen LogP contribution >= 0.6 is 0 Å². The van der Waals surface area contributed by atoms with Gasteiger partial charge in [0.05, 0.1) is 17.2 Å². The summed E-state index contributed by atoms with van der Waals surface area (Å²) in [6.07, 6.45) is 0. The monoisotopic (exact) mass is 432 g/mol. The van der Waals surface area contributed by atoms with Gasteiger partial charge in [0, 0.05) is 5.69 Å². The standard InChI is InChI=1S/C25H24N2O5/c1-17(26)23(28)27-22-13-20(24(29)31-15-18-8-4-2-5-9-18)12-21(14-22)25(30)32-16-19-10-6-3-7-11-19/h2-14,17H,15-16,26H2,1H3,(H,27,28)/t17-/m1/s1. The zero-order valence-electron chi connectivity index (χ0n) is 17.6. The summed E-state index contributed by atoms with van der Waals surface area (Å²) in [4.78, 5) is 37.3. The Kier molecular flexibility index (Phi) is 7.72. The van der Waals surface area contributed by atoms with Crippen LogP contribution in [0.3, 0.4) is 0 Å². The number of anilines is 1. The van der Waals surface area contributed by atoms with Crippen LogP contribution in [0.2, 0.25) is 0 Å². The summed E-state index contributed by atoms with van der Waals surface area (Å²) in [7, 11) is 0. The minimum Gasteiger partial charge on any atom is -0.457 e. The fourth-order valence-electron chi connectivity index (χ4n) is 2.80. The number of benzene rings is 3. The van der Waals surface area contributed by atoms with Crippen molar-refractivity contribution in [2.75, 3.05) is 5.32 Å². The summed E-state index contributed by atoms with van der Waals surface area (Å²) >= 11 is 0. The zero-order chi connectivity index (χ0) is 22.9. The van der Waals surface area contributed by atoms with Gasteiger partial charge in [-0.2, -0.15) is 0 Å². The molecule has 7 nitrogen and oxygen atoms in total. The number of carbonyl (C=O) groups is 3. The Bertz CT molecular complexity index is 1010. The predicted octanol–water partition coefficient (Wildman–Crippen LogP) is 3.69. The molecule has 0 bridgehead atoms. The number of ether oxygens (including phenoxy) is 2. The van der Waals surface area contributed by atoms with Gasteiger partial charge in [0.1, 0.15) is 13.2 Å². The lowest BCUT2D eigenvalue weighted by molar-refractivity contribution is -0.117. The lowest BCUT2D eigenvalue weighted by atomic mass is 10.1. The first-order chi connectivity index (χ1) is 15.4. The van der Waals surface area contributed by atoms with Gasteiger partial charge in [0.15, 0.2) is 0 Å². The quantitative estimate of drug-likeness (QED) is 0.526. The largest absolute Gasteiger partial charge is 0.457 e. The maximum Gasteiger partial charge on any atom is 0.338 e. The fourth-order valence-corrected chi connectivity index (χ4v) is 2.80. The van der Waals surface area contributed by atoms with Gasteiger partial charge in [-0.3, -0.25) is 4.79 Å². The highest BCUT2D eigenvalue weighted by Crippen LogP contribution is 2.19. The second-order valence-electron chi connectivity index (χ2n) is 7.20. The molecule has 7 heteroatoms. The molecule has 164 valence electrons. The number of rotatable bonds is 8. The van der Waals surface area contributed by atoms with E-state index in [0.717, 1.165) is 11.1 Å². The number of nitrogens with two attached hydrogens (primary N) is 1. The third-order valence-corrected chi connectivity index (χ3v) is 4.51. The smallest absolute Gasteiger partial charge is 0.338 e. The van der Waals surface area contributed by atoms with Gasteiger partial charge in [0.2, 0.25) is 5.91 Å². The van der Waals surface area contributed by atoms with E-state index in [4.69, 9.17) is 15.2 Å². The van der Waals surface area contributed by atoms with E-state index in [1.54, 1.807) is 0 Å². The van der Waals surface area contributed by atoms with Crippen LogP contribution in [0.4, 0.5) is 5.69 Å². The second kappa shape index (κ2) is 10.9. The van der Waals surface area contributed by atoms with Gasteiger partial charge in [-0.1, -0.05) is 60.7 Å². The predicted molar refractivity (Wildman–Crippen MR) is 120 cm³/mol. The van der Waals surface area contributed by atoms with E-state index < -0.39 is 23.9 Å². The molecule has 0 aliphatic heterocycles. The summed E-state index contributed by atoms with van der Waals surface area (Å²) in [5.74, 6) is -1.73. The number of amides is 1. The molecule has 3 aromatic carbocycles. The molecule has 1 atom stereocenters. The molecule has 3 N–H and O–H groups in total. The van der Waals surface area contributed by atoms with Crippen molar-refractivity contribution in [1.82, 2.24) is 0 Å². The Morgan fingerprint density at radius 1 is 0.781 bits per heavy atom. The molecule has 0 saturated carbocycles. The van der Waals surface area contributed by atoms with E-state index in [0.29, 0.717) is 0 Å². The molecule has 3 rings (SSSR count). The number of hydrogen-bond donors (Lipinski definition) is 2. The van der Waals surface area contributed by atoms with Gasteiger partial charge < -0.3 is 20.5 Å². The number of carbonyl (C=O) groups excluding carboxylic acids is 3. The fraction of sp³-hybridized carbons (Fsp3) is 0.160. The highest BCUT2D eigenvalue weighted by Gasteiger charge is 2.17. The van der Waals surface area contributed by atoms with Crippen molar-refractivity contribution in [2.45, 2.75) is 26.2 Å². The number of nitrogens with one attached hydrogen (secondary N) is 1. The zero-order valence-corrected chi connectivity index (χ0v) is 17.6. The molecule has 0 saturated heterocycles. The van der Waals surface area contributed by atoms with Crippen molar-refractivity contribution < 1.29 is 23.9 Å². The summed E-state index contributed by atoms with van der Waals surface area (Å²) in [5, 5.41) is 2.60. The molecule has 0 fully saturated rings. The maximum absolute atomic E-state index is 12.6. The molecule has 0 spiro atoms. The molecule has 0 heterocycles. The van der Waals surface area contributed by atoms with E-state index in [2.05, 4.69) is 5.32 Å². The van der Waals surface area contributed by atoms with Crippen molar-refractivity contribution in [2.24, 2.45) is 5.73 Å². The van der Waals surface area contributed by atoms with Crippen molar-refractivity contribution in [3.8, 4) is 0 Å². The Balaban J connectivity index is 1.79. The van der Waals surface area contributed by atoms with Gasteiger partial charge >= 0.3 is 11.9 Å². The number of hydrogen-bond acceptors (Lipinski definition) is 6. The van der Waals surface area contributed by atoms with Crippen LogP contribution in [0.5, 0.6) is 0 Å². The van der Waals surface area contributed by atoms with Crippen molar-refractivity contribution >= 4 is 23.5 Å². The Labute approximate surface area is 186 Å². The lowest BCUT2D eigenvalue weighted by Gasteiger charge is -2.12.